The second kappa shape index (κ2) is 6.13. The Hall–Kier alpha value is -0.710. The molecule has 0 spiro atoms. The molecule has 0 unspecified atom stereocenters. The molecule has 0 atom stereocenters. The van der Waals surface area contributed by atoms with Gasteiger partial charge in [0.25, 0.3) is 0 Å². The van der Waals surface area contributed by atoms with Crippen LogP contribution in [0.25, 0.3) is 6.08 Å². The molecule has 0 amide bonds. The summed E-state index contributed by atoms with van der Waals surface area (Å²) in [5.74, 6) is 1.20. The second-order valence-corrected chi connectivity index (χ2v) is 4.22. The average Bonchev–Trinajstić information content (AvgIpc) is 2.27. The first-order valence-electron chi connectivity index (χ1n) is 4.62. The summed E-state index contributed by atoms with van der Waals surface area (Å²) in [7, 11) is 3.15. The maximum Gasteiger partial charge on any atom is 0.175 e. The molecule has 5 heteroatoms. The van der Waals surface area contributed by atoms with Crippen LogP contribution in [0.15, 0.2) is 16.6 Å². The lowest BCUT2D eigenvalue weighted by molar-refractivity contribution is 0.352. The van der Waals surface area contributed by atoms with Crippen molar-refractivity contribution in [3.05, 3.63) is 27.2 Å². The number of hydrogen-bond donors (Lipinski definition) is 1. The molecule has 0 saturated heterocycles. The van der Waals surface area contributed by atoms with Crippen LogP contribution >= 0.6 is 27.5 Å². The van der Waals surface area contributed by atoms with Crippen LogP contribution in [-0.2, 0) is 0 Å². The largest absolute Gasteiger partial charge is 0.492 e. The third-order valence-electron chi connectivity index (χ3n) is 2.01. The smallest absolute Gasteiger partial charge is 0.175 e. The summed E-state index contributed by atoms with van der Waals surface area (Å²) in [5, 5.41) is 0.578. The predicted molar refractivity (Wildman–Crippen MR) is 70.3 cm³/mol. The van der Waals surface area contributed by atoms with Gasteiger partial charge in [0, 0.05) is 12.1 Å². The first kappa shape index (κ1) is 13.4. The van der Waals surface area contributed by atoms with E-state index in [0.717, 1.165) is 10.0 Å². The highest BCUT2D eigenvalue weighted by atomic mass is 79.9. The lowest BCUT2D eigenvalue weighted by Crippen LogP contribution is -1.96. The van der Waals surface area contributed by atoms with E-state index in [-0.39, 0.29) is 0 Å². The summed E-state index contributed by atoms with van der Waals surface area (Å²) in [6, 6.07) is 1.76. The Morgan fingerprint density at radius 2 is 2.00 bits per heavy atom. The third-order valence-corrected chi connectivity index (χ3v) is 2.91. The molecule has 1 rings (SSSR count). The zero-order valence-electron chi connectivity index (χ0n) is 9.09. The number of benzene rings is 1. The van der Waals surface area contributed by atoms with Crippen molar-refractivity contribution >= 4 is 33.6 Å². The van der Waals surface area contributed by atoms with Crippen molar-refractivity contribution < 1.29 is 9.47 Å². The molecule has 3 nitrogen and oxygen atoms in total. The van der Waals surface area contributed by atoms with E-state index < -0.39 is 0 Å². The van der Waals surface area contributed by atoms with Gasteiger partial charge in [-0.1, -0.05) is 23.8 Å². The van der Waals surface area contributed by atoms with Gasteiger partial charge in [-0.2, -0.15) is 0 Å². The molecule has 2 N–H and O–H groups in total. The van der Waals surface area contributed by atoms with Gasteiger partial charge in [0.2, 0.25) is 0 Å². The Labute approximate surface area is 108 Å². The highest BCUT2D eigenvalue weighted by Gasteiger charge is 2.15. The molecule has 0 fully saturated rings. The van der Waals surface area contributed by atoms with Crippen LogP contribution in [0.1, 0.15) is 5.56 Å². The number of methoxy groups -OCH3 is 2. The van der Waals surface area contributed by atoms with Gasteiger partial charge >= 0.3 is 0 Å². The summed E-state index contributed by atoms with van der Waals surface area (Å²) in [4.78, 5) is 0. The molecule has 0 aliphatic rings. The van der Waals surface area contributed by atoms with Gasteiger partial charge < -0.3 is 15.2 Å². The zero-order chi connectivity index (χ0) is 12.1. The van der Waals surface area contributed by atoms with E-state index >= 15 is 0 Å². The average molecular weight is 307 g/mol. The maximum atomic E-state index is 6.12. The van der Waals surface area contributed by atoms with Crippen LogP contribution in [-0.4, -0.2) is 20.8 Å². The maximum absolute atomic E-state index is 6.12. The predicted octanol–water partition coefficient (Wildman–Crippen LogP) is 3.09. The quantitative estimate of drug-likeness (QED) is 0.929. The number of hydrogen-bond acceptors (Lipinski definition) is 3. The van der Waals surface area contributed by atoms with Gasteiger partial charge in [0.15, 0.2) is 11.5 Å². The Morgan fingerprint density at radius 1 is 1.38 bits per heavy atom. The second-order valence-electron chi connectivity index (χ2n) is 2.96. The molecule has 88 valence electrons. The van der Waals surface area contributed by atoms with Crippen LogP contribution in [0.3, 0.4) is 0 Å². The molecule has 0 saturated carbocycles. The van der Waals surface area contributed by atoms with Gasteiger partial charge in [-0.05, 0) is 22.0 Å². The minimum atomic E-state index is 0.442. The SMILES string of the molecule is COc1c(Br)cc(Cl)c(/C=C/CN)c1OC. The zero-order valence-corrected chi connectivity index (χ0v) is 11.4. The molecular weight excluding hydrogens is 293 g/mol. The Kier molecular flexibility index (Phi) is 5.12. The van der Waals surface area contributed by atoms with Gasteiger partial charge in [-0.25, -0.2) is 0 Å². The molecular formula is C11H13BrClNO2. The number of ether oxygens (including phenoxy) is 2. The summed E-state index contributed by atoms with van der Waals surface area (Å²) in [5.41, 5.74) is 6.17. The van der Waals surface area contributed by atoms with E-state index in [1.165, 1.54) is 0 Å². The molecule has 0 radical (unpaired) electrons. The summed E-state index contributed by atoms with van der Waals surface area (Å²) >= 11 is 9.48. The van der Waals surface area contributed by atoms with E-state index in [0.29, 0.717) is 23.1 Å². The Morgan fingerprint density at radius 3 is 2.50 bits per heavy atom. The molecule has 0 aliphatic heterocycles. The van der Waals surface area contributed by atoms with Crippen molar-refractivity contribution in [1.29, 1.82) is 0 Å². The van der Waals surface area contributed by atoms with Crippen molar-refractivity contribution in [3.63, 3.8) is 0 Å². The first-order chi connectivity index (χ1) is 7.65. The first-order valence-corrected chi connectivity index (χ1v) is 5.79. The minimum absolute atomic E-state index is 0.442. The van der Waals surface area contributed by atoms with Gasteiger partial charge in [0.1, 0.15) is 0 Å². The number of halogens is 2. The van der Waals surface area contributed by atoms with Gasteiger partial charge in [-0.15, -0.1) is 0 Å². The van der Waals surface area contributed by atoms with E-state index in [4.69, 9.17) is 26.8 Å². The lowest BCUT2D eigenvalue weighted by Gasteiger charge is -2.13. The van der Waals surface area contributed by atoms with Gasteiger partial charge in [0.05, 0.1) is 23.7 Å². The van der Waals surface area contributed by atoms with Crippen LogP contribution in [0, 0.1) is 0 Å². The van der Waals surface area contributed by atoms with E-state index in [2.05, 4.69) is 15.9 Å². The summed E-state index contributed by atoms with van der Waals surface area (Å²) in [6.45, 7) is 0.442. The third kappa shape index (κ3) is 2.70. The molecule has 1 aromatic rings. The summed E-state index contributed by atoms with van der Waals surface area (Å²) in [6.07, 6.45) is 3.62. The molecule has 0 aliphatic carbocycles. The van der Waals surface area contributed by atoms with E-state index in [1.54, 1.807) is 26.4 Å². The molecule has 0 aromatic heterocycles. The van der Waals surface area contributed by atoms with Crippen LogP contribution < -0.4 is 15.2 Å². The molecule has 1 aromatic carbocycles. The fourth-order valence-corrected chi connectivity index (χ4v) is 2.29. The fraction of sp³-hybridized carbons (Fsp3) is 0.273. The number of rotatable bonds is 4. The van der Waals surface area contributed by atoms with Crippen LogP contribution in [0.4, 0.5) is 0 Å². The normalized spacial score (nSPS) is 10.8. The Balaban J connectivity index is 3.39. The fourth-order valence-electron chi connectivity index (χ4n) is 1.33. The Bertz CT molecular complexity index is 407. The van der Waals surface area contributed by atoms with Gasteiger partial charge in [-0.3, -0.25) is 0 Å². The van der Waals surface area contributed by atoms with E-state index in [9.17, 15) is 0 Å². The summed E-state index contributed by atoms with van der Waals surface area (Å²) < 4.78 is 11.3. The van der Waals surface area contributed by atoms with Crippen molar-refractivity contribution in [3.8, 4) is 11.5 Å². The van der Waals surface area contributed by atoms with E-state index in [1.807, 2.05) is 6.08 Å². The van der Waals surface area contributed by atoms with Crippen LogP contribution in [0.5, 0.6) is 11.5 Å². The van der Waals surface area contributed by atoms with Crippen molar-refractivity contribution in [2.75, 3.05) is 20.8 Å². The molecule has 16 heavy (non-hydrogen) atoms. The molecule has 0 heterocycles. The molecule has 0 bridgehead atoms. The highest BCUT2D eigenvalue weighted by Crippen LogP contribution is 2.42. The lowest BCUT2D eigenvalue weighted by atomic mass is 10.1. The highest BCUT2D eigenvalue weighted by molar-refractivity contribution is 9.10. The van der Waals surface area contributed by atoms with Crippen LogP contribution in [0.2, 0.25) is 5.02 Å². The number of nitrogens with two attached hydrogens (primary N) is 1. The van der Waals surface area contributed by atoms with Crippen molar-refractivity contribution in [2.24, 2.45) is 5.73 Å². The standard InChI is InChI=1S/C11H13BrClNO2/c1-15-10-7(4-3-5-14)9(13)6-8(12)11(10)16-2/h3-4,6H,5,14H2,1-2H3/b4-3+. The van der Waals surface area contributed by atoms with Crippen molar-refractivity contribution in [2.45, 2.75) is 0 Å². The minimum Gasteiger partial charge on any atom is -0.492 e. The van der Waals surface area contributed by atoms with Crippen molar-refractivity contribution in [1.82, 2.24) is 0 Å². The topological polar surface area (TPSA) is 44.5 Å². The monoisotopic (exact) mass is 305 g/mol.